The van der Waals surface area contributed by atoms with E-state index in [9.17, 15) is 4.79 Å². The maximum atomic E-state index is 11.4. The highest BCUT2D eigenvalue weighted by Gasteiger charge is 2.25. The summed E-state index contributed by atoms with van der Waals surface area (Å²) in [5.74, 6) is 0.106. The van der Waals surface area contributed by atoms with Gasteiger partial charge in [0.1, 0.15) is 0 Å². The van der Waals surface area contributed by atoms with Crippen LogP contribution >= 0.6 is 0 Å². The number of nitrogens with one attached hydrogen (secondary N) is 1. The summed E-state index contributed by atoms with van der Waals surface area (Å²) in [7, 11) is 0. The Balaban J connectivity index is 3.88. The van der Waals surface area contributed by atoms with Crippen molar-refractivity contribution in [2.75, 3.05) is 13.1 Å². The van der Waals surface area contributed by atoms with Crippen molar-refractivity contribution in [3.63, 3.8) is 0 Å². The first-order valence-electron chi connectivity index (χ1n) is 4.53. The lowest BCUT2D eigenvalue weighted by molar-refractivity contribution is -0.129. The fourth-order valence-electron chi connectivity index (χ4n) is 0.952. The van der Waals surface area contributed by atoms with Crippen molar-refractivity contribution in [1.29, 1.82) is 0 Å². The molecule has 0 aliphatic rings. The van der Waals surface area contributed by atoms with Crippen molar-refractivity contribution < 1.29 is 4.79 Å². The third-order valence-electron chi connectivity index (χ3n) is 1.92. The number of hydrogen-bond acceptors (Lipinski definition) is 2. The molecule has 0 aliphatic carbocycles. The molecule has 0 unspecified atom stereocenters. The highest BCUT2D eigenvalue weighted by molar-refractivity contribution is 5.81. The summed E-state index contributed by atoms with van der Waals surface area (Å²) in [6.45, 7) is 7.20. The minimum atomic E-state index is -0.316. The minimum absolute atomic E-state index is 0.106. The molecule has 0 aromatic carbocycles. The van der Waals surface area contributed by atoms with Gasteiger partial charge < -0.3 is 11.1 Å². The SMILES string of the molecule is CCCNC(=O)C(C)(C)CCN. The van der Waals surface area contributed by atoms with E-state index in [1.165, 1.54) is 0 Å². The molecule has 0 rings (SSSR count). The number of rotatable bonds is 5. The van der Waals surface area contributed by atoms with E-state index in [-0.39, 0.29) is 11.3 Å². The second-order valence-corrected chi connectivity index (χ2v) is 3.68. The molecule has 0 aromatic heterocycles. The number of carbonyl (C=O) groups excluding carboxylic acids is 1. The molecule has 3 N–H and O–H groups in total. The van der Waals surface area contributed by atoms with Crippen LogP contribution in [0.5, 0.6) is 0 Å². The number of nitrogens with two attached hydrogens (primary N) is 1. The van der Waals surface area contributed by atoms with E-state index in [0.29, 0.717) is 6.54 Å². The molecule has 12 heavy (non-hydrogen) atoms. The Morgan fingerprint density at radius 3 is 2.50 bits per heavy atom. The van der Waals surface area contributed by atoms with Gasteiger partial charge in [-0.25, -0.2) is 0 Å². The summed E-state index contributed by atoms with van der Waals surface area (Å²) in [5.41, 5.74) is 5.09. The molecule has 0 heterocycles. The van der Waals surface area contributed by atoms with Gasteiger partial charge in [-0.1, -0.05) is 20.8 Å². The summed E-state index contributed by atoms with van der Waals surface area (Å²) in [6.07, 6.45) is 1.72. The van der Waals surface area contributed by atoms with E-state index >= 15 is 0 Å². The molecule has 3 heteroatoms. The molecule has 0 radical (unpaired) electrons. The summed E-state index contributed by atoms with van der Waals surface area (Å²) in [4.78, 5) is 11.4. The van der Waals surface area contributed by atoms with Crippen LogP contribution in [0.3, 0.4) is 0 Å². The topological polar surface area (TPSA) is 55.1 Å². The third kappa shape index (κ3) is 3.72. The van der Waals surface area contributed by atoms with Gasteiger partial charge in [0.05, 0.1) is 0 Å². The second-order valence-electron chi connectivity index (χ2n) is 3.68. The van der Waals surface area contributed by atoms with Gasteiger partial charge in [-0.05, 0) is 19.4 Å². The molecule has 0 saturated carbocycles. The summed E-state index contributed by atoms with van der Waals surface area (Å²) >= 11 is 0. The third-order valence-corrected chi connectivity index (χ3v) is 1.92. The lowest BCUT2D eigenvalue weighted by atomic mass is 9.88. The van der Waals surface area contributed by atoms with Crippen LogP contribution in [-0.4, -0.2) is 19.0 Å². The predicted molar refractivity (Wildman–Crippen MR) is 50.8 cm³/mol. The Bertz CT molecular complexity index is 143. The molecule has 72 valence electrons. The number of amides is 1. The average molecular weight is 172 g/mol. The largest absolute Gasteiger partial charge is 0.356 e. The van der Waals surface area contributed by atoms with Crippen molar-refractivity contribution in [3.8, 4) is 0 Å². The second kappa shape index (κ2) is 5.14. The van der Waals surface area contributed by atoms with E-state index in [0.717, 1.165) is 19.4 Å². The Kier molecular flexibility index (Phi) is 4.90. The van der Waals surface area contributed by atoms with Gasteiger partial charge in [0, 0.05) is 12.0 Å². The van der Waals surface area contributed by atoms with Crippen molar-refractivity contribution >= 4 is 5.91 Å². The standard InChI is InChI=1S/C9H20N2O/c1-4-7-11-8(12)9(2,3)5-6-10/h4-7,10H2,1-3H3,(H,11,12). The molecule has 1 amide bonds. The Labute approximate surface area is 74.7 Å². The van der Waals surface area contributed by atoms with Crippen molar-refractivity contribution in [3.05, 3.63) is 0 Å². The van der Waals surface area contributed by atoms with E-state index in [4.69, 9.17) is 5.73 Å². The molecule has 0 aliphatic heterocycles. The highest BCUT2D eigenvalue weighted by atomic mass is 16.2. The maximum Gasteiger partial charge on any atom is 0.225 e. The maximum absolute atomic E-state index is 11.4. The van der Waals surface area contributed by atoms with Crippen LogP contribution in [0, 0.1) is 5.41 Å². The number of carbonyl (C=O) groups is 1. The van der Waals surface area contributed by atoms with Crippen LogP contribution in [0.15, 0.2) is 0 Å². The molecular weight excluding hydrogens is 152 g/mol. The highest BCUT2D eigenvalue weighted by Crippen LogP contribution is 2.18. The molecule has 0 bridgehead atoms. The Morgan fingerprint density at radius 1 is 1.50 bits per heavy atom. The van der Waals surface area contributed by atoms with Crippen molar-refractivity contribution in [1.82, 2.24) is 5.32 Å². The minimum Gasteiger partial charge on any atom is -0.356 e. The van der Waals surface area contributed by atoms with E-state index in [2.05, 4.69) is 5.32 Å². The van der Waals surface area contributed by atoms with Crippen LogP contribution in [0.25, 0.3) is 0 Å². The summed E-state index contributed by atoms with van der Waals surface area (Å²) in [6, 6.07) is 0. The van der Waals surface area contributed by atoms with E-state index < -0.39 is 0 Å². The number of hydrogen-bond donors (Lipinski definition) is 2. The zero-order chi connectivity index (χ0) is 9.61. The van der Waals surface area contributed by atoms with Gasteiger partial charge in [-0.3, -0.25) is 4.79 Å². The molecule has 0 atom stereocenters. The van der Waals surface area contributed by atoms with Crippen LogP contribution in [0.1, 0.15) is 33.6 Å². The van der Waals surface area contributed by atoms with Crippen LogP contribution in [0.2, 0.25) is 0 Å². The molecule has 0 fully saturated rings. The molecule has 0 spiro atoms. The molecular formula is C9H20N2O. The normalized spacial score (nSPS) is 11.3. The van der Waals surface area contributed by atoms with Gasteiger partial charge in [-0.2, -0.15) is 0 Å². The van der Waals surface area contributed by atoms with E-state index in [1.807, 2.05) is 20.8 Å². The lowest BCUT2D eigenvalue weighted by Gasteiger charge is -2.22. The van der Waals surface area contributed by atoms with Gasteiger partial charge in [0.15, 0.2) is 0 Å². The zero-order valence-electron chi connectivity index (χ0n) is 8.31. The van der Waals surface area contributed by atoms with Gasteiger partial charge in [0.2, 0.25) is 5.91 Å². The molecule has 0 aromatic rings. The molecule has 0 saturated heterocycles. The van der Waals surface area contributed by atoms with Gasteiger partial charge in [-0.15, -0.1) is 0 Å². The van der Waals surface area contributed by atoms with Crippen LogP contribution < -0.4 is 11.1 Å². The predicted octanol–water partition coefficient (Wildman–Crippen LogP) is 0.888. The smallest absolute Gasteiger partial charge is 0.225 e. The van der Waals surface area contributed by atoms with Crippen LogP contribution in [0.4, 0.5) is 0 Å². The lowest BCUT2D eigenvalue weighted by Crippen LogP contribution is -2.38. The Morgan fingerprint density at radius 2 is 2.08 bits per heavy atom. The first-order valence-corrected chi connectivity index (χ1v) is 4.53. The molecule has 3 nitrogen and oxygen atoms in total. The van der Waals surface area contributed by atoms with Crippen molar-refractivity contribution in [2.24, 2.45) is 11.1 Å². The monoisotopic (exact) mass is 172 g/mol. The average Bonchev–Trinajstić information content (AvgIpc) is 2.00. The van der Waals surface area contributed by atoms with E-state index in [1.54, 1.807) is 0 Å². The van der Waals surface area contributed by atoms with Gasteiger partial charge >= 0.3 is 0 Å². The fourth-order valence-corrected chi connectivity index (χ4v) is 0.952. The first kappa shape index (κ1) is 11.4. The van der Waals surface area contributed by atoms with Crippen LogP contribution in [-0.2, 0) is 4.79 Å². The van der Waals surface area contributed by atoms with Gasteiger partial charge in [0.25, 0.3) is 0 Å². The zero-order valence-corrected chi connectivity index (χ0v) is 8.31. The summed E-state index contributed by atoms with van der Waals surface area (Å²) in [5, 5.41) is 2.86. The quantitative estimate of drug-likeness (QED) is 0.647. The fraction of sp³-hybridized carbons (Fsp3) is 0.889. The summed E-state index contributed by atoms with van der Waals surface area (Å²) < 4.78 is 0. The first-order chi connectivity index (χ1) is 5.54. The Hall–Kier alpha value is -0.570. The van der Waals surface area contributed by atoms with Crippen molar-refractivity contribution in [2.45, 2.75) is 33.6 Å².